The van der Waals surface area contributed by atoms with Crippen LogP contribution in [0.2, 0.25) is 0 Å². The van der Waals surface area contributed by atoms with Gasteiger partial charge in [0.25, 0.3) is 0 Å². The Labute approximate surface area is 106 Å². The predicted octanol–water partition coefficient (Wildman–Crippen LogP) is 3.41. The lowest BCUT2D eigenvalue weighted by molar-refractivity contribution is 0.636. The van der Waals surface area contributed by atoms with Crippen LogP contribution < -0.4 is 5.32 Å². The van der Waals surface area contributed by atoms with E-state index in [1.807, 2.05) is 42.6 Å². The summed E-state index contributed by atoms with van der Waals surface area (Å²) in [6, 6.07) is 14.2. The molecule has 1 aromatic carbocycles. The minimum atomic E-state index is -0.238. The van der Waals surface area contributed by atoms with E-state index in [4.69, 9.17) is 5.26 Å². The lowest BCUT2D eigenvalue weighted by atomic mass is 10.1. The standard InChI is InChI=1S/C14H14N2S/c1-11-4-6-12(7-5-11)14(9-15)16-10-13-3-2-8-17-13/h2-8,14,16H,10H2,1H3. The summed E-state index contributed by atoms with van der Waals surface area (Å²) in [5.41, 5.74) is 2.23. The van der Waals surface area contributed by atoms with E-state index in [1.165, 1.54) is 10.4 Å². The molecule has 0 spiro atoms. The minimum absolute atomic E-state index is 0.238. The van der Waals surface area contributed by atoms with Gasteiger partial charge in [0.05, 0.1) is 6.07 Å². The third kappa shape index (κ3) is 3.16. The zero-order valence-corrected chi connectivity index (χ0v) is 10.5. The monoisotopic (exact) mass is 242 g/mol. The highest BCUT2D eigenvalue weighted by Gasteiger charge is 2.09. The van der Waals surface area contributed by atoms with Crippen LogP contribution in [-0.4, -0.2) is 0 Å². The highest BCUT2D eigenvalue weighted by Crippen LogP contribution is 2.15. The Morgan fingerprint density at radius 3 is 2.65 bits per heavy atom. The molecule has 2 rings (SSSR count). The molecule has 86 valence electrons. The molecule has 1 atom stereocenters. The molecule has 0 amide bonds. The van der Waals surface area contributed by atoms with Crippen LogP contribution >= 0.6 is 11.3 Å². The van der Waals surface area contributed by atoms with Crippen molar-refractivity contribution in [3.05, 3.63) is 57.8 Å². The number of nitriles is 1. The van der Waals surface area contributed by atoms with E-state index in [2.05, 4.69) is 17.5 Å². The number of hydrogen-bond acceptors (Lipinski definition) is 3. The maximum Gasteiger partial charge on any atom is 0.121 e. The first-order valence-electron chi connectivity index (χ1n) is 5.51. The third-order valence-corrected chi connectivity index (χ3v) is 3.48. The van der Waals surface area contributed by atoms with Gasteiger partial charge in [-0.2, -0.15) is 5.26 Å². The summed E-state index contributed by atoms with van der Waals surface area (Å²) in [4.78, 5) is 1.25. The van der Waals surface area contributed by atoms with Gasteiger partial charge in [-0.05, 0) is 23.9 Å². The fourth-order valence-electron chi connectivity index (χ4n) is 1.61. The van der Waals surface area contributed by atoms with Crippen LogP contribution in [0.25, 0.3) is 0 Å². The van der Waals surface area contributed by atoms with Gasteiger partial charge in [-0.1, -0.05) is 35.9 Å². The summed E-state index contributed by atoms with van der Waals surface area (Å²) >= 11 is 1.70. The van der Waals surface area contributed by atoms with Gasteiger partial charge in [-0.3, -0.25) is 5.32 Å². The fourth-order valence-corrected chi connectivity index (χ4v) is 2.27. The molecule has 1 unspecified atom stereocenters. The van der Waals surface area contributed by atoms with E-state index in [0.717, 1.165) is 12.1 Å². The zero-order valence-electron chi connectivity index (χ0n) is 9.68. The third-order valence-electron chi connectivity index (χ3n) is 2.60. The molecule has 1 aromatic heterocycles. The van der Waals surface area contributed by atoms with Crippen LogP contribution in [0.4, 0.5) is 0 Å². The molecule has 0 aliphatic carbocycles. The topological polar surface area (TPSA) is 35.8 Å². The molecule has 2 aromatic rings. The molecule has 17 heavy (non-hydrogen) atoms. The van der Waals surface area contributed by atoms with Gasteiger partial charge in [0.1, 0.15) is 6.04 Å². The average molecular weight is 242 g/mol. The highest BCUT2D eigenvalue weighted by atomic mass is 32.1. The van der Waals surface area contributed by atoms with Crippen LogP contribution in [0.15, 0.2) is 41.8 Å². The van der Waals surface area contributed by atoms with E-state index in [-0.39, 0.29) is 6.04 Å². The zero-order chi connectivity index (χ0) is 12.1. The molecule has 0 aliphatic rings. The van der Waals surface area contributed by atoms with Crippen molar-refractivity contribution < 1.29 is 0 Å². The Kier molecular flexibility index (Phi) is 3.92. The number of nitrogens with zero attached hydrogens (tertiary/aromatic N) is 1. The Morgan fingerprint density at radius 1 is 1.29 bits per heavy atom. The number of rotatable bonds is 4. The molecule has 0 saturated carbocycles. The summed E-state index contributed by atoms with van der Waals surface area (Å²) < 4.78 is 0. The SMILES string of the molecule is Cc1ccc(C(C#N)NCc2cccs2)cc1. The molecule has 0 aliphatic heterocycles. The molecule has 0 saturated heterocycles. The van der Waals surface area contributed by atoms with Crippen molar-refractivity contribution in [3.8, 4) is 6.07 Å². The number of aryl methyl sites for hydroxylation is 1. The van der Waals surface area contributed by atoms with Crippen LogP contribution in [0.3, 0.4) is 0 Å². The molecule has 1 heterocycles. The quantitative estimate of drug-likeness (QED) is 0.891. The summed E-state index contributed by atoms with van der Waals surface area (Å²) in [6.07, 6.45) is 0. The van der Waals surface area contributed by atoms with Crippen LogP contribution in [0.5, 0.6) is 0 Å². The van der Waals surface area contributed by atoms with Crippen LogP contribution in [0.1, 0.15) is 22.0 Å². The van der Waals surface area contributed by atoms with Gasteiger partial charge in [0.2, 0.25) is 0 Å². The highest BCUT2D eigenvalue weighted by molar-refractivity contribution is 7.09. The Bertz CT molecular complexity index is 494. The minimum Gasteiger partial charge on any atom is -0.293 e. The first-order valence-corrected chi connectivity index (χ1v) is 6.39. The molecule has 0 fully saturated rings. The van der Waals surface area contributed by atoms with E-state index in [9.17, 15) is 0 Å². The largest absolute Gasteiger partial charge is 0.293 e. The lowest BCUT2D eigenvalue weighted by Gasteiger charge is -2.11. The second-order valence-electron chi connectivity index (χ2n) is 3.93. The average Bonchev–Trinajstić information content (AvgIpc) is 2.85. The van der Waals surface area contributed by atoms with E-state index in [0.29, 0.717) is 0 Å². The predicted molar refractivity (Wildman–Crippen MR) is 70.7 cm³/mol. The first kappa shape index (κ1) is 11.8. The van der Waals surface area contributed by atoms with Crippen molar-refractivity contribution in [2.75, 3.05) is 0 Å². The molecule has 2 nitrogen and oxygen atoms in total. The smallest absolute Gasteiger partial charge is 0.121 e. The van der Waals surface area contributed by atoms with E-state index < -0.39 is 0 Å². The molecule has 1 N–H and O–H groups in total. The van der Waals surface area contributed by atoms with E-state index >= 15 is 0 Å². The maximum atomic E-state index is 9.17. The molecule has 0 bridgehead atoms. The number of nitrogens with one attached hydrogen (secondary N) is 1. The van der Waals surface area contributed by atoms with Gasteiger partial charge in [0.15, 0.2) is 0 Å². The molecular weight excluding hydrogens is 228 g/mol. The Morgan fingerprint density at radius 2 is 2.06 bits per heavy atom. The number of hydrogen-bond donors (Lipinski definition) is 1. The van der Waals surface area contributed by atoms with Crippen molar-refractivity contribution in [3.63, 3.8) is 0 Å². The van der Waals surface area contributed by atoms with Crippen molar-refractivity contribution in [1.29, 1.82) is 5.26 Å². The fraction of sp³-hybridized carbons (Fsp3) is 0.214. The summed E-state index contributed by atoms with van der Waals surface area (Å²) in [5.74, 6) is 0. The normalized spacial score (nSPS) is 12.0. The van der Waals surface area contributed by atoms with Crippen molar-refractivity contribution in [2.24, 2.45) is 0 Å². The summed E-state index contributed by atoms with van der Waals surface area (Å²) in [5, 5.41) is 14.5. The van der Waals surface area contributed by atoms with Gasteiger partial charge in [-0.25, -0.2) is 0 Å². The van der Waals surface area contributed by atoms with Crippen molar-refractivity contribution >= 4 is 11.3 Å². The summed E-state index contributed by atoms with van der Waals surface area (Å²) in [6.45, 7) is 2.79. The number of benzene rings is 1. The molecule has 3 heteroatoms. The summed E-state index contributed by atoms with van der Waals surface area (Å²) in [7, 11) is 0. The van der Waals surface area contributed by atoms with Crippen molar-refractivity contribution in [2.45, 2.75) is 19.5 Å². The molecule has 0 radical (unpaired) electrons. The van der Waals surface area contributed by atoms with Gasteiger partial charge < -0.3 is 0 Å². The number of thiophene rings is 1. The van der Waals surface area contributed by atoms with E-state index in [1.54, 1.807) is 11.3 Å². The van der Waals surface area contributed by atoms with Gasteiger partial charge in [-0.15, -0.1) is 11.3 Å². The first-order chi connectivity index (χ1) is 8.29. The van der Waals surface area contributed by atoms with Gasteiger partial charge in [0, 0.05) is 11.4 Å². The maximum absolute atomic E-state index is 9.17. The molecular formula is C14H14N2S. The second-order valence-corrected chi connectivity index (χ2v) is 4.97. The van der Waals surface area contributed by atoms with Crippen molar-refractivity contribution in [1.82, 2.24) is 5.32 Å². The lowest BCUT2D eigenvalue weighted by Crippen LogP contribution is -2.18. The second kappa shape index (κ2) is 5.62. The van der Waals surface area contributed by atoms with Crippen LogP contribution in [0, 0.1) is 18.3 Å². The van der Waals surface area contributed by atoms with Crippen LogP contribution in [-0.2, 0) is 6.54 Å². The van der Waals surface area contributed by atoms with Gasteiger partial charge >= 0.3 is 0 Å². The Hall–Kier alpha value is -1.63. The Balaban J connectivity index is 2.02.